The molecule has 290 valence electrons. The fourth-order valence-corrected chi connectivity index (χ4v) is 9.83. The van der Waals surface area contributed by atoms with Crippen LogP contribution >= 0.6 is 0 Å². The van der Waals surface area contributed by atoms with Crippen LogP contribution in [0.2, 0.25) is 0 Å². The molecule has 0 radical (unpaired) electrons. The maximum absolute atomic E-state index is 2.52. The van der Waals surface area contributed by atoms with Gasteiger partial charge >= 0.3 is 0 Å². The van der Waals surface area contributed by atoms with Crippen molar-refractivity contribution in [2.45, 2.75) is 52.4 Å². The van der Waals surface area contributed by atoms with E-state index in [2.05, 4.69) is 238 Å². The maximum atomic E-state index is 2.52. The summed E-state index contributed by atoms with van der Waals surface area (Å²) in [7, 11) is 0. The summed E-state index contributed by atoms with van der Waals surface area (Å²) < 4.78 is 2.45. The average Bonchev–Trinajstić information content (AvgIpc) is 3.60. The zero-order chi connectivity index (χ0) is 40.9. The van der Waals surface area contributed by atoms with Gasteiger partial charge in [-0.1, -0.05) is 157 Å². The number of hydrogen-bond donors (Lipinski definition) is 0. The lowest BCUT2D eigenvalue weighted by molar-refractivity contribution is 0.590. The van der Waals surface area contributed by atoms with Gasteiger partial charge in [0, 0.05) is 50.6 Å². The van der Waals surface area contributed by atoms with Crippen LogP contribution in [0.4, 0.5) is 34.1 Å². The van der Waals surface area contributed by atoms with E-state index in [0.29, 0.717) is 0 Å². The Morgan fingerprint density at radius 2 is 0.883 bits per heavy atom. The van der Waals surface area contributed by atoms with Crippen LogP contribution in [0.3, 0.4) is 0 Å². The summed E-state index contributed by atoms with van der Waals surface area (Å²) >= 11 is 0. The smallest absolute Gasteiger partial charge is 0.252 e. The predicted octanol–water partition coefficient (Wildman–Crippen LogP) is 13.1. The first-order valence-electron chi connectivity index (χ1n) is 21.3. The molecule has 0 aliphatic carbocycles. The topological polar surface area (TPSA) is 11.4 Å². The van der Waals surface area contributed by atoms with Gasteiger partial charge in [0.25, 0.3) is 6.71 Å². The van der Waals surface area contributed by atoms with Crippen LogP contribution in [0.5, 0.6) is 0 Å². The van der Waals surface area contributed by atoms with Gasteiger partial charge in [-0.25, -0.2) is 0 Å². The van der Waals surface area contributed by atoms with Gasteiger partial charge in [-0.15, -0.1) is 0 Å². The van der Waals surface area contributed by atoms with Crippen LogP contribution in [0.25, 0.3) is 38.6 Å². The molecule has 8 aromatic carbocycles. The summed E-state index contributed by atoms with van der Waals surface area (Å²) in [6.45, 7) is 13.9. The Hall–Kier alpha value is -6.78. The van der Waals surface area contributed by atoms with E-state index in [-0.39, 0.29) is 17.5 Å². The van der Waals surface area contributed by atoms with Gasteiger partial charge in [0.1, 0.15) is 0 Å². The van der Waals surface area contributed by atoms with Crippen molar-refractivity contribution in [2.75, 3.05) is 9.80 Å². The summed E-state index contributed by atoms with van der Waals surface area (Å²) in [5.41, 5.74) is 19.9. The van der Waals surface area contributed by atoms with E-state index in [1.165, 1.54) is 88.9 Å². The van der Waals surface area contributed by atoms with Crippen molar-refractivity contribution in [1.82, 2.24) is 4.57 Å². The molecule has 0 saturated carbocycles. The lowest BCUT2D eigenvalue weighted by atomic mass is 9.33. The fourth-order valence-electron chi connectivity index (χ4n) is 9.83. The molecule has 0 fully saturated rings. The first kappa shape index (κ1) is 36.3. The minimum absolute atomic E-state index is 0.0154. The van der Waals surface area contributed by atoms with E-state index in [4.69, 9.17) is 0 Å². The molecule has 4 heteroatoms. The number of nitrogens with zero attached hydrogens (tertiary/aromatic N) is 3. The maximum Gasteiger partial charge on any atom is 0.252 e. The van der Waals surface area contributed by atoms with Gasteiger partial charge in [-0.05, 0) is 116 Å². The molecule has 1 aromatic heterocycles. The number of benzene rings is 8. The second-order valence-electron chi connectivity index (χ2n) is 18.7. The summed E-state index contributed by atoms with van der Waals surface area (Å²) in [5, 5.41) is 2.53. The Labute approximate surface area is 354 Å². The van der Waals surface area contributed by atoms with Gasteiger partial charge in [0.2, 0.25) is 0 Å². The van der Waals surface area contributed by atoms with E-state index in [1.54, 1.807) is 0 Å². The molecular formula is C56H48BN3. The second-order valence-corrected chi connectivity index (χ2v) is 18.7. The normalized spacial score (nSPS) is 13.4. The highest BCUT2D eigenvalue weighted by atomic mass is 15.2. The van der Waals surface area contributed by atoms with E-state index in [0.717, 1.165) is 11.4 Å². The van der Waals surface area contributed by atoms with Crippen LogP contribution < -0.4 is 26.2 Å². The van der Waals surface area contributed by atoms with Crippen LogP contribution in [0.15, 0.2) is 182 Å². The molecule has 0 atom stereocenters. The van der Waals surface area contributed by atoms with Gasteiger partial charge in [0.15, 0.2) is 0 Å². The molecule has 0 spiro atoms. The summed E-state index contributed by atoms with van der Waals surface area (Å²) in [4.78, 5) is 5.04. The van der Waals surface area contributed by atoms with Crippen molar-refractivity contribution >= 4 is 79.0 Å². The van der Waals surface area contributed by atoms with Gasteiger partial charge < -0.3 is 14.4 Å². The number of hydrogen-bond acceptors (Lipinski definition) is 2. The van der Waals surface area contributed by atoms with Crippen molar-refractivity contribution in [1.29, 1.82) is 0 Å². The first-order chi connectivity index (χ1) is 29.0. The highest BCUT2D eigenvalue weighted by molar-refractivity contribution is 7.00. The molecule has 0 N–H and O–H groups in total. The Morgan fingerprint density at radius 3 is 1.50 bits per heavy atom. The van der Waals surface area contributed by atoms with Gasteiger partial charge in [0.05, 0.1) is 11.0 Å². The highest BCUT2D eigenvalue weighted by Gasteiger charge is 2.43. The van der Waals surface area contributed by atoms with Crippen molar-refractivity contribution in [3.63, 3.8) is 0 Å². The predicted molar refractivity (Wildman–Crippen MR) is 258 cm³/mol. The van der Waals surface area contributed by atoms with E-state index in [1.807, 2.05) is 0 Å². The first-order valence-corrected chi connectivity index (χ1v) is 21.3. The molecule has 0 unspecified atom stereocenters. The molecule has 9 aromatic rings. The molecule has 2 aliphatic rings. The SMILES string of the molecule is CC(C)(C)c1ccc(N2c3ccc(C(C)(C)C)cc3B3c4ccc(-n5c6ccccc6c6ccccc65)cc4N(c4ccc(-c5ccccc5)cc4)c4cccc2c43)cc1. The van der Waals surface area contributed by atoms with E-state index in [9.17, 15) is 0 Å². The highest BCUT2D eigenvalue weighted by Crippen LogP contribution is 2.46. The minimum Gasteiger partial charge on any atom is -0.311 e. The third kappa shape index (κ3) is 5.65. The van der Waals surface area contributed by atoms with Crippen molar-refractivity contribution in [3.8, 4) is 16.8 Å². The Kier molecular flexibility index (Phi) is 8.09. The molecule has 3 nitrogen and oxygen atoms in total. The largest absolute Gasteiger partial charge is 0.311 e. The lowest BCUT2D eigenvalue weighted by Crippen LogP contribution is -2.61. The molecule has 3 heterocycles. The average molecular weight is 774 g/mol. The van der Waals surface area contributed by atoms with Crippen LogP contribution in [-0.2, 0) is 10.8 Å². The fraction of sp³-hybridized carbons (Fsp3) is 0.143. The second kappa shape index (κ2) is 13.4. The zero-order valence-electron chi connectivity index (χ0n) is 35.2. The number of aromatic nitrogens is 1. The molecule has 60 heavy (non-hydrogen) atoms. The number of anilines is 6. The molecule has 11 rings (SSSR count). The molecule has 0 saturated heterocycles. The zero-order valence-corrected chi connectivity index (χ0v) is 35.2. The summed E-state index contributed by atoms with van der Waals surface area (Å²) in [5.74, 6) is 0. The molecule has 2 aliphatic heterocycles. The van der Waals surface area contributed by atoms with Crippen LogP contribution in [0, 0.1) is 0 Å². The summed E-state index contributed by atoms with van der Waals surface area (Å²) in [6.07, 6.45) is 0. The van der Waals surface area contributed by atoms with Crippen LogP contribution in [0.1, 0.15) is 52.7 Å². The molecule has 0 bridgehead atoms. The molecule has 0 amide bonds. The quantitative estimate of drug-likeness (QED) is 0.165. The standard InChI is InChI=1S/C56H48BN3/c1-55(2,3)39-25-30-42(31-26-39)58-50-34-27-40(56(4,5)6)35-47(50)57-46-33-32-43(60-48-19-12-10-17-44(48)45-18-11-13-20-49(45)60)36-53(46)59(52-22-14-21-51(58)54(52)57)41-28-23-38(24-29-41)37-15-8-7-9-16-37/h7-36H,1-6H3. The van der Waals surface area contributed by atoms with Gasteiger partial charge in [-0.3, -0.25) is 0 Å². The van der Waals surface area contributed by atoms with Crippen LogP contribution in [-0.4, -0.2) is 11.3 Å². The third-order valence-electron chi connectivity index (χ3n) is 12.9. The third-order valence-corrected chi connectivity index (χ3v) is 12.9. The van der Waals surface area contributed by atoms with Crippen molar-refractivity contribution in [2.24, 2.45) is 0 Å². The summed E-state index contributed by atoms with van der Waals surface area (Å²) in [6, 6.07) is 68.1. The Morgan fingerprint density at radius 1 is 0.367 bits per heavy atom. The Balaban J connectivity index is 1.19. The van der Waals surface area contributed by atoms with Crippen molar-refractivity contribution < 1.29 is 0 Å². The lowest BCUT2D eigenvalue weighted by Gasteiger charge is -2.44. The monoisotopic (exact) mass is 773 g/mol. The van der Waals surface area contributed by atoms with Gasteiger partial charge in [-0.2, -0.15) is 0 Å². The number of para-hydroxylation sites is 2. The molecular weight excluding hydrogens is 725 g/mol. The number of rotatable bonds is 4. The van der Waals surface area contributed by atoms with E-state index >= 15 is 0 Å². The minimum atomic E-state index is -0.0154. The Bertz CT molecular complexity index is 3060. The van der Waals surface area contributed by atoms with Crippen molar-refractivity contribution in [3.05, 3.63) is 193 Å². The number of fused-ring (bicyclic) bond motifs is 7. The van der Waals surface area contributed by atoms with E-state index < -0.39 is 0 Å².